The average Bonchev–Trinajstić information content (AvgIpc) is 3.56. The van der Waals surface area contributed by atoms with Crippen molar-refractivity contribution < 1.29 is 0 Å². The van der Waals surface area contributed by atoms with Crippen LogP contribution in [0.25, 0.3) is 77.8 Å². The Morgan fingerprint density at radius 3 is 1.00 bits per heavy atom. The molecule has 0 saturated heterocycles. The van der Waals surface area contributed by atoms with E-state index in [9.17, 15) is 0 Å². The van der Waals surface area contributed by atoms with Crippen LogP contribution in [0, 0.1) is 0 Å². The molecule has 0 atom stereocenters. The zero-order chi connectivity index (χ0) is 35.2. The molecule has 10 rings (SSSR count). The molecule has 0 bridgehead atoms. The van der Waals surface area contributed by atoms with E-state index in [1.807, 2.05) is 12.4 Å². The second kappa shape index (κ2) is 11.2. The minimum absolute atomic E-state index is 0.116. The lowest BCUT2D eigenvalue weighted by atomic mass is 9.81. The fourth-order valence-electron chi connectivity index (χ4n) is 8.79. The number of hydrogen-bond donors (Lipinski definition) is 0. The third kappa shape index (κ3) is 4.64. The highest BCUT2D eigenvalue weighted by Gasteiger charge is 2.37. The van der Waals surface area contributed by atoms with E-state index in [4.69, 9.17) is 9.97 Å². The predicted molar refractivity (Wildman–Crippen MR) is 216 cm³/mol. The van der Waals surface area contributed by atoms with Crippen LogP contribution in [0.4, 0.5) is 0 Å². The number of aromatic nitrogens is 2. The molecular formula is C50H38N2. The number of pyridine rings is 2. The molecule has 2 nitrogen and oxygen atoms in total. The molecule has 2 aliphatic rings. The molecule has 0 fully saturated rings. The molecule has 0 aliphatic heterocycles. The zero-order valence-corrected chi connectivity index (χ0v) is 29.9. The summed E-state index contributed by atoms with van der Waals surface area (Å²) in [5.74, 6) is 0. The summed E-state index contributed by atoms with van der Waals surface area (Å²) >= 11 is 0. The molecule has 8 aromatic rings. The van der Waals surface area contributed by atoms with Gasteiger partial charge < -0.3 is 0 Å². The summed E-state index contributed by atoms with van der Waals surface area (Å²) in [5, 5.41) is 1.04. The standard InChI is InChI=1S/C50H38N2/c1-49(2)44-25-33(31-11-7-5-8-12-31)15-19-40(44)42-21-17-35(27-46(42)49)38-23-37-24-39(30-52-48(37)51-29-38)36-18-22-43-41-20-16-34(32-13-9-6-10-14-32)26-45(41)50(3,4)47(43)28-36/h5-30H,1-4H3. The molecule has 248 valence electrons. The monoisotopic (exact) mass is 666 g/mol. The van der Waals surface area contributed by atoms with Gasteiger partial charge in [0.05, 0.1) is 0 Å². The Balaban J connectivity index is 0.988. The first-order chi connectivity index (χ1) is 25.3. The van der Waals surface area contributed by atoms with Crippen molar-refractivity contribution in [2.45, 2.75) is 38.5 Å². The molecule has 2 heterocycles. The lowest BCUT2D eigenvalue weighted by molar-refractivity contribution is 0.660. The first-order valence-corrected chi connectivity index (χ1v) is 18.2. The quantitative estimate of drug-likeness (QED) is 0.187. The summed E-state index contributed by atoms with van der Waals surface area (Å²) in [5.41, 5.74) is 20.9. The molecule has 0 N–H and O–H groups in total. The second-order valence-electron chi connectivity index (χ2n) is 15.5. The number of nitrogens with zero attached hydrogens (tertiary/aromatic N) is 2. The van der Waals surface area contributed by atoms with Gasteiger partial charge in [0.2, 0.25) is 0 Å². The molecule has 6 aromatic carbocycles. The van der Waals surface area contributed by atoms with Gasteiger partial charge in [-0.15, -0.1) is 0 Å². The fourth-order valence-corrected chi connectivity index (χ4v) is 8.79. The lowest BCUT2D eigenvalue weighted by Crippen LogP contribution is -2.15. The summed E-state index contributed by atoms with van der Waals surface area (Å²) in [6.07, 6.45) is 3.94. The summed E-state index contributed by atoms with van der Waals surface area (Å²) in [4.78, 5) is 9.67. The normalized spacial score (nSPS) is 14.5. The van der Waals surface area contributed by atoms with Crippen LogP contribution in [0.15, 0.2) is 158 Å². The minimum Gasteiger partial charge on any atom is -0.236 e. The Bertz CT molecular complexity index is 2530. The Morgan fingerprint density at radius 2 is 0.654 bits per heavy atom. The van der Waals surface area contributed by atoms with E-state index in [1.54, 1.807) is 0 Å². The van der Waals surface area contributed by atoms with Crippen LogP contribution in [0.5, 0.6) is 0 Å². The molecule has 0 amide bonds. The molecule has 2 heteroatoms. The second-order valence-corrected chi connectivity index (χ2v) is 15.5. The van der Waals surface area contributed by atoms with Crippen molar-refractivity contribution >= 4 is 11.0 Å². The molecule has 52 heavy (non-hydrogen) atoms. The number of hydrogen-bond acceptors (Lipinski definition) is 2. The lowest BCUT2D eigenvalue weighted by Gasteiger charge is -2.23. The average molecular weight is 667 g/mol. The van der Waals surface area contributed by atoms with E-state index in [2.05, 4.69) is 173 Å². The number of fused-ring (bicyclic) bond motifs is 7. The summed E-state index contributed by atoms with van der Waals surface area (Å²) < 4.78 is 0. The third-order valence-electron chi connectivity index (χ3n) is 11.8. The Labute approximate surface area is 305 Å². The maximum Gasteiger partial charge on any atom is 0.159 e. The van der Waals surface area contributed by atoms with Crippen LogP contribution >= 0.6 is 0 Å². The van der Waals surface area contributed by atoms with Crippen LogP contribution in [0.2, 0.25) is 0 Å². The highest BCUT2D eigenvalue weighted by Crippen LogP contribution is 2.52. The molecule has 2 aliphatic carbocycles. The molecular weight excluding hydrogens is 629 g/mol. The first-order valence-electron chi connectivity index (χ1n) is 18.2. The number of rotatable bonds is 4. The smallest absolute Gasteiger partial charge is 0.159 e. The van der Waals surface area contributed by atoms with Crippen LogP contribution in [0.1, 0.15) is 49.9 Å². The molecule has 2 aromatic heterocycles. The molecule has 0 unspecified atom stereocenters. The third-order valence-corrected chi connectivity index (χ3v) is 11.8. The highest BCUT2D eigenvalue weighted by atomic mass is 14.8. The van der Waals surface area contributed by atoms with Gasteiger partial charge in [-0.1, -0.05) is 137 Å². The van der Waals surface area contributed by atoms with E-state index in [1.165, 1.54) is 77.9 Å². The van der Waals surface area contributed by atoms with Gasteiger partial charge in [-0.3, -0.25) is 0 Å². The summed E-state index contributed by atoms with van der Waals surface area (Å²) in [7, 11) is 0. The van der Waals surface area contributed by atoms with Crippen LogP contribution in [-0.4, -0.2) is 9.97 Å². The molecule has 0 saturated carbocycles. The SMILES string of the molecule is CC1(C)c2cc(-c3ccccc3)ccc2-c2ccc(-c3cnc4ncc(-c5ccc6c(c5)C(C)(C)c5cc(-c7ccccc7)ccc5-6)cc4c3)cc21. The van der Waals surface area contributed by atoms with Gasteiger partial charge in [0.1, 0.15) is 0 Å². The van der Waals surface area contributed by atoms with Crippen molar-refractivity contribution in [2.24, 2.45) is 0 Å². The van der Waals surface area contributed by atoms with Gasteiger partial charge in [-0.2, -0.15) is 0 Å². The van der Waals surface area contributed by atoms with E-state index in [0.29, 0.717) is 0 Å². The van der Waals surface area contributed by atoms with E-state index in [0.717, 1.165) is 22.2 Å². The van der Waals surface area contributed by atoms with Gasteiger partial charge >= 0.3 is 0 Å². The van der Waals surface area contributed by atoms with Crippen LogP contribution < -0.4 is 0 Å². The van der Waals surface area contributed by atoms with E-state index >= 15 is 0 Å². The maximum absolute atomic E-state index is 4.84. The van der Waals surface area contributed by atoms with Gasteiger partial charge in [0, 0.05) is 39.7 Å². The highest BCUT2D eigenvalue weighted by molar-refractivity contribution is 5.90. The Morgan fingerprint density at radius 1 is 0.327 bits per heavy atom. The Kier molecular flexibility index (Phi) is 6.60. The number of benzene rings is 6. The van der Waals surface area contributed by atoms with Gasteiger partial charge in [-0.05, 0) is 114 Å². The zero-order valence-electron chi connectivity index (χ0n) is 29.9. The van der Waals surface area contributed by atoms with Crippen molar-refractivity contribution in [2.75, 3.05) is 0 Å². The van der Waals surface area contributed by atoms with Crippen molar-refractivity contribution in [1.29, 1.82) is 0 Å². The predicted octanol–water partition coefficient (Wildman–Crippen LogP) is 12.9. The van der Waals surface area contributed by atoms with Crippen molar-refractivity contribution in [3.05, 3.63) is 180 Å². The van der Waals surface area contributed by atoms with Gasteiger partial charge in [0.15, 0.2) is 5.65 Å². The molecule has 0 radical (unpaired) electrons. The molecule has 0 spiro atoms. The van der Waals surface area contributed by atoms with Crippen molar-refractivity contribution in [3.63, 3.8) is 0 Å². The van der Waals surface area contributed by atoms with Crippen molar-refractivity contribution in [1.82, 2.24) is 9.97 Å². The summed E-state index contributed by atoms with van der Waals surface area (Å²) in [6, 6.07) is 53.6. The Hall–Kier alpha value is -6.12. The largest absolute Gasteiger partial charge is 0.236 e. The van der Waals surface area contributed by atoms with Crippen molar-refractivity contribution in [3.8, 4) is 66.8 Å². The first kappa shape index (κ1) is 30.7. The van der Waals surface area contributed by atoms with Gasteiger partial charge in [-0.25, -0.2) is 9.97 Å². The minimum atomic E-state index is -0.116. The van der Waals surface area contributed by atoms with E-state index in [-0.39, 0.29) is 10.8 Å². The van der Waals surface area contributed by atoms with Crippen LogP contribution in [0.3, 0.4) is 0 Å². The van der Waals surface area contributed by atoms with Crippen LogP contribution in [-0.2, 0) is 10.8 Å². The summed E-state index contributed by atoms with van der Waals surface area (Å²) in [6.45, 7) is 9.40. The topological polar surface area (TPSA) is 25.8 Å². The maximum atomic E-state index is 4.84. The van der Waals surface area contributed by atoms with E-state index < -0.39 is 0 Å². The fraction of sp³-hybridized carbons (Fsp3) is 0.120. The van der Waals surface area contributed by atoms with Gasteiger partial charge in [0.25, 0.3) is 0 Å².